The van der Waals surface area contributed by atoms with Crippen LogP contribution in [0.5, 0.6) is 11.5 Å². The fourth-order valence-corrected chi connectivity index (χ4v) is 2.51. The minimum Gasteiger partial charge on any atom is -0.465 e. The lowest BCUT2D eigenvalue weighted by Crippen LogP contribution is -2.30. The second-order valence-electron chi connectivity index (χ2n) is 4.79. The molecule has 0 aliphatic carbocycles. The number of methoxy groups -OCH3 is 2. The molecule has 0 aliphatic heterocycles. The maximum atomic E-state index is 12.5. The Bertz CT molecular complexity index is 970. The summed E-state index contributed by atoms with van der Waals surface area (Å²) >= 11 is 0. The van der Waals surface area contributed by atoms with Crippen molar-refractivity contribution in [3.05, 3.63) is 23.3 Å². The fraction of sp³-hybridized carbons (Fsp3) is 0.333. The number of hydrogen-bond donors (Lipinski definition) is 0. The topological polar surface area (TPSA) is 139 Å². The number of carbonyl (C=O) groups is 2. The highest BCUT2D eigenvalue weighted by atomic mass is 32.2. The second kappa shape index (κ2) is 8.17. The highest BCUT2D eigenvalue weighted by molar-refractivity contribution is 7.88. The van der Waals surface area contributed by atoms with Gasteiger partial charge in [-0.2, -0.15) is 43.2 Å². The maximum absolute atomic E-state index is 12.5. The number of halogens is 6. The molecule has 170 valence electrons. The van der Waals surface area contributed by atoms with Crippen LogP contribution in [0.25, 0.3) is 0 Å². The van der Waals surface area contributed by atoms with Gasteiger partial charge in [-0.1, -0.05) is 0 Å². The van der Waals surface area contributed by atoms with Gasteiger partial charge in [0.25, 0.3) is 0 Å². The summed E-state index contributed by atoms with van der Waals surface area (Å²) in [5.74, 6) is -6.46. The third kappa shape index (κ3) is 5.23. The van der Waals surface area contributed by atoms with E-state index in [1.807, 2.05) is 0 Å². The van der Waals surface area contributed by atoms with E-state index in [4.69, 9.17) is 0 Å². The van der Waals surface area contributed by atoms with Crippen LogP contribution in [-0.4, -0.2) is 54.0 Å². The van der Waals surface area contributed by atoms with Gasteiger partial charge in [0.2, 0.25) is 0 Å². The van der Waals surface area contributed by atoms with Gasteiger partial charge in [-0.3, -0.25) is 0 Å². The van der Waals surface area contributed by atoms with Crippen LogP contribution in [0.4, 0.5) is 26.3 Å². The molecular weight excluding hydrogens is 482 g/mol. The highest BCUT2D eigenvalue weighted by Gasteiger charge is 2.50. The zero-order chi connectivity index (χ0) is 23.7. The Balaban J connectivity index is 3.82. The smallest absolute Gasteiger partial charge is 0.465 e. The molecule has 0 unspecified atom stereocenters. The van der Waals surface area contributed by atoms with Crippen molar-refractivity contribution in [3.8, 4) is 11.5 Å². The van der Waals surface area contributed by atoms with Gasteiger partial charge >= 0.3 is 43.2 Å². The number of benzene rings is 1. The van der Waals surface area contributed by atoms with E-state index in [-0.39, 0.29) is 12.1 Å². The second-order valence-corrected chi connectivity index (χ2v) is 7.87. The summed E-state index contributed by atoms with van der Waals surface area (Å²) in [7, 11) is -11.6. The summed E-state index contributed by atoms with van der Waals surface area (Å²) in [6, 6.07) is -0.0226. The van der Waals surface area contributed by atoms with Crippen LogP contribution in [0.3, 0.4) is 0 Å². The van der Waals surface area contributed by atoms with Gasteiger partial charge in [-0.15, -0.1) is 0 Å². The number of rotatable bonds is 6. The molecule has 0 radical (unpaired) electrons. The zero-order valence-corrected chi connectivity index (χ0v) is 16.0. The van der Waals surface area contributed by atoms with Gasteiger partial charge in [0.05, 0.1) is 14.2 Å². The average Bonchev–Trinajstić information content (AvgIpc) is 2.58. The van der Waals surface area contributed by atoms with E-state index in [0.717, 1.165) is 0 Å². The third-order valence-electron chi connectivity index (χ3n) is 2.86. The molecule has 0 heterocycles. The molecule has 10 nitrogen and oxygen atoms in total. The molecule has 1 aromatic carbocycles. The first kappa shape index (κ1) is 25.3. The number of esters is 2. The molecule has 0 fully saturated rings. The van der Waals surface area contributed by atoms with Gasteiger partial charge < -0.3 is 17.8 Å². The van der Waals surface area contributed by atoms with Crippen LogP contribution in [-0.2, 0) is 29.7 Å². The number of hydrogen-bond acceptors (Lipinski definition) is 10. The molecule has 1 rings (SSSR count). The highest BCUT2D eigenvalue weighted by Crippen LogP contribution is 2.36. The van der Waals surface area contributed by atoms with Gasteiger partial charge in [0.1, 0.15) is 11.1 Å². The predicted octanol–water partition coefficient (Wildman–Crippen LogP) is 1.72. The summed E-state index contributed by atoms with van der Waals surface area (Å²) < 4.78 is 136. The van der Waals surface area contributed by atoms with E-state index in [1.165, 1.54) is 0 Å². The van der Waals surface area contributed by atoms with Crippen LogP contribution < -0.4 is 8.37 Å². The molecule has 0 atom stereocenters. The summed E-state index contributed by atoms with van der Waals surface area (Å²) in [6.07, 6.45) is 0. The van der Waals surface area contributed by atoms with Crippen LogP contribution in [0.2, 0.25) is 0 Å². The van der Waals surface area contributed by atoms with Crippen molar-refractivity contribution in [2.24, 2.45) is 0 Å². The van der Waals surface area contributed by atoms with E-state index >= 15 is 0 Å². The molecule has 0 N–H and O–H groups in total. The lowest BCUT2D eigenvalue weighted by Gasteiger charge is -2.16. The fourth-order valence-electron chi connectivity index (χ4n) is 1.57. The number of ether oxygens (including phenoxy) is 2. The van der Waals surface area contributed by atoms with Crippen molar-refractivity contribution >= 4 is 32.2 Å². The van der Waals surface area contributed by atoms with Crippen molar-refractivity contribution < 1.29 is 70.6 Å². The quantitative estimate of drug-likeness (QED) is 0.251. The van der Waals surface area contributed by atoms with E-state index in [2.05, 4.69) is 17.8 Å². The average molecular weight is 490 g/mol. The molecule has 0 aliphatic rings. The van der Waals surface area contributed by atoms with Gasteiger partial charge in [-0.05, 0) is 0 Å². The lowest BCUT2D eigenvalue weighted by molar-refractivity contribution is -0.0506. The van der Waals surface area contributed by atoms with Crippen LogP contribution >= 0.6 is 0 Å². The molecule has 1 aromatic rings. The first-order chi connectivity index (χ1) is 13.4. The van der Waals surface area contributed by atoms with Gasteiger partial charge in [0.15, 0.2) is 11.5 Å². The van der Waals surface area contributed by atoms with Crippen LogP contribution in [0.15, 0.2) is 12.1 Å². The normalized spacial score (nSPS) is 12.8. The molecule has 18 heteroatoms. The molecule has 0 amide bonds. The van der Waals surface area contributed by atoms with Gasteiger partial charge in [-0.25, -0.2) is 9.59 Å². The molecule has 0 saturated heterocycles. The molecular formula is C12H8F6O10S2. The zero-order valence-electron chi connectivity index (χ0n) is 14.3. The Morgan fingerprint density at radius 3 is 1.17 bits per heavy atom. The summed E-state index contributed by atoms with van der Waals surface area (Å²) in [4.78, 5) is 23.4. The van der Waals surface area contributed by atoms with E-state index < -0.39 is 65.8 Å². The summed E-state index contributed by atoms with van der Waals surface area (Å²) in [5, 5.41) is 0. The first-order valence-electron chi connectivity index (χ1n) is 6.74. The Morgan fingerprint density at radius 2 is 0.967 bits per heavy atom. The van der Waals surface area contributed by atoms with Gasteiger partial charge in [0, 0.05) is 12.1 Å². The Hall–Kier alpha value is -2.76. The van der Waals surface area contributed by atoms with Crippen LogP contribution in [0.1, 0.15) is 20.7 Å². The summed E-state index contributed by atoms with van der Waals surface area (Å²) in [5.41, 5.74) is -14.7. The molecule has 0 saturated carbocycles. The number of alkyl halides is 6. The first-order valence-corrected chi connectivity index (χ1v) is 9.55. The van der Waals surface area contributed by atoms with E-state index in [9.17, 15) is 52.8 Å². The van der Waals surface area contributed by atoms with Crippen LogP contribution in [0, 0.1) is 0 Å². The Morgan fingerprint density at radius 1 is 0.700 bits per heavy atom. The molecule has 0 bridgehead atoms. The maximum Gasteiger partial charge on any atom is 0.534 e. The van der Waals surface area contributed by atoms with Crippen molar-refractivity contribution in [2.75, 3.05) is 14.2 Å². The predicted molar refractivity (Wildman–Crippen MR) is 80.3 cm³/mol. The molecule has 0 spiro atoms. The summed E-state index contributed by atoms with van der Waals surface area (Å²) in [6.45, 7) is 0. The van der Waals surface area contributed by atoms with Crippen molar-refractivity contribution in [2.45, 2.75) is 11.0 Å². The molecule has 0 aromatic heterocycles. The lowest BCUT2D eigenvalue weighted by atomic mass is 10.1. The third-order valence-corrected chi connectivity index (χ3v) is 4.79. The van der Waals surface area contributed by atoms with Crippen molar-refractivity contribution in [3.63, 3.8) is 0 Å². The van der Waals surface area contributed by atoms with E-state index in [0.29, 0.717) is 14.2 Å². The SMILES string of the molecule is COC(=O)c1cc(OS(=O)(=O)C(F)(F)F)c(C(=O)OC)cc1OS(=O)(=O)C(F)(F)F. The van der Waals surface area contributed by atoms with E-state index in [1.54, 1.807) is 0 Å². The number of carbonyl (C=O) groups excluding carboxylic acids is 2. The standard InChI is InChI=1S/C12H8F6O10S2/c1-25-9(19)5-3-8(28-30(23,24)12(16,17)18)6(10(20)26-2)4-7(5)27-29(21,22)11(13,14)15/h3-4H,1-2H3. The van der Waals surface area contributed by atoms with Crippen molar-refractivity contribution in [1.29, 1.82) is 0 Å². The minimum absolute atomic E-state index is 0.0113. The van der Waals surface area contributed by atoms with Crippen molar-refractivity contribution in [1.82, 2.24) is 0 Å². The Kier molecular flexibility index (Phi) is 6.88. The largest absolute Gasteiger partial charge is 0.534 e. The minimum atomic E-state index is -6.43. The Labute approximate surface area is 163 Å². The molecule has 30 heavy (non-hydrogen) atoms. The monoisotopic (exact) mass is 490 g/mol.